The highest BCUT2D eigenvalue weighted by molar-refractivity contribution is 5.82. The smallest absolute Gasteiger partial charge is 0.148 e. The van der Waals surface area contributed by atoms with E-state index in [1.54, 1.807) is 12.1 Å². The number of halogens is 1. The largest absolute Gasteiger partial charge is 0.298 e. The molecule has 0 amide bonds. The standard InChI is InChI=1S/C12H14FNO/c13-11-3-1-2-10(8-11)4-6-14-7-5-12(15)9-14/h1-3,8H,4-7,9H2. The van der Waals surface area contributed by atoms with E-state index in [-0.39, 0.29) is 5.82 Å². The molecule has 1 saturated heterocycles. The van der Waals surface area contributed by atoms with Crippen molar-refractivity contribution >= 4 is 5.78 Å². The molecule has 0 bridgehead atoms. The van der Waals surface area contributed by atoms with Crippen LogP contribution in [0.5, 0.6) is 0 Å². The van der Waals surface area contributed by atoms with E-state index in [1.807, 2.05) is 6.07 Å². The minimum Gasteiger partial charge on any atom is -0.298 e. The molecule has 2 rings (SSSR count). The van der Waals surface area contributed by atoms with Gasteiger partial charge in [-0.3, -0.25) is 9.69 Å². The summed E-state index contributed by atoms with van der Waals surface area (Å²) < 4.78 is 12.9. The number of ketones is 1. The number of likely N-dealkylation sites (tertiary alicyclic amines) is 1. The molecule has 0 N–H and O–H groups in total. The van der Waals surface area contributed by atoms with Crippen molar-refractivity contribution in [3.05, 3.63) is 35.6 Å². The minimum absolute atomic E-state index is 0.190. The van der Waals surface area contributed by atoms with Crippen LogP contribution in [0, 0.1) is 5.82 Å². The molecule has 0 aliphatic carbocycles. The van der Waals surface area contributed by atoms with Gasteiger partial charge in [0.15, 0.2) is 0 Å². The average Bonchev–Trinajstić information content (AvgIpc) is 2.62. The summed E-state index contributed by atoms with van der Waals surface area (Å²) >= 11 is 0. The third kappa shape index (κ3) is 2.86. The number of benzene rings is 1. The molecule has 1 aromatic carbocycles. The maximum atomic E-state index is 12.9. The molecule has 15 heavy (non-hydrogen) atoms. The van der Waals surface area contributed by atoms with Gasteiger partial charge in [-0.2, -0.15) is 0 Å². The molecule has 80 valence electrons. The molecule has 1 aromatic rings. The first-order valence-electron chi connectivity index (χ1n) is 5.22. The Morgan fingerprint density at radius 3 is 2.93 bits per heavy atom. The number of carbonyl (C=O) groups excluding carboxylic acids is 1. The van der Waals surface area contributed by atoms with Gasteiger partial charge in [-0.1, -0.05) is 12.1 Å². The van der Waals surface area contributed by atoms with E-state index in [0.717, 1.165) is 25.1 Å². The molecule has 0 unspecified atom stereocenters. The van der Waals surface area contributed by atoms with Gasteiger partial charge in [-0.25, -0.2) is 4.39 Å². The third-order valence-corrected chi connectivity index (χ3v) is 2.71. The van der Waals surface area contributed by atoms with Gasteiger partial charge in [-0.05, 0) is 24.1 Å². The van der Waals surface area contributed by atoms with Crippen LogP contribution in [-0.4, -0.2) is 30.3 Å². The van der Waals surface area contributed by atoms with Crippen molar-refractivity contribution in [2.75, 3.05) is 19.6 Å². The molecule has 1 fully saturated rings. The lowest BCUT2D eigenvalue weighted by atomic mass is 10.1. The molecule has 3 heteroatoms. The minimum atomic E-state index is -0.190. The lowest BCUT2D eigenvalue weighted by molar-refractivity contribution is -0.116. The molecule has 0 atom stereocenters. The van der Waals surface area contributed by atoms with Crippen molar-refractivity contribution in [2.24, 2.45) is 0 Å². The fraction of sp³-hybridized carbons (Fsp3) is 0.417. The van der Waals surface area contributed by atoms with E-state index < -0.39 is 0 Å². The van der Waals surface area contributed by atoms with E-state index in [9.17, 15) is 9.18 Å². The van der Waals surface area contributed by atoms with Crippen LogP contribution >= 0.6 is 0 Å². The number of hydrogen-bond donors (Lipinski definition) is 0. The second-order valence-electron chi connectivity index (χ2n) is 3.94. The molecular formula is C12H14FNO. The predicted molar refractivity (Wildman–Crippen MR) is 56.2 cm³/mol. The Morgan fingerprint density at radius 1 is 1.40 bits per heavy atom. The van der Waals surface area contributed by atoms with Crippen molar-refractivity contribution in [2.45, 2.75) is 12.8 Å². The van der Waals surface area contributed by atoms with Gasteiger partial charge in [-0.15, -0.1) is 0 Å². The summed E-state index contributed by atoms with van der Waals surface area (Å²) in [6.07, 6.45) is 1.48. The lowest BCUT2D eigenvalue weighted by Crippen LogP contribution is -2.23. The number of Topliss-reactive ketones (excluding diaryl/α,β-unsaturated/α-hetero) is 1. The Balaban J connectivity index is 1.85. The monoisotopic (exact) mass is 207 g/mol. The Morgan fingerprint density at radius 2 is 2.27 bits per heavy atom. The van der Waals surface area contributed by atoms with Crippen LogP contribution in [0.3, 0.4) is 0 Å². The van der Waals surface area contributed by atoms with Crippen LogP contribution in [0.15, 0.2) is 24.3 Å². The van der Waals surface area contributed by atoms with Gasteiger partial charge in [0.1, 0.15) is 11.6 Å². The number of hydrogen-bond acceptors (Lipinski definition) is 2. The van der Waals surface area contributed by atoms with E-state index in [0.29, 0.717) is 18.7 Å². The predicted octanol–water partition coefficient (Wildman–Crippen LogP) is 1.64. The molecule has 1 aliphatic rings. The fourth-order valence-corrected chi connectivity index (χ4v) is 1.86. The molecule has 0 radical (unpaired) electrons. The zero-order chi connectivity index (χ0) is 10.7. The molecule has 1 aliphatic heterocycles. The second-order valence-corrected chi connectivity index (χ2v) is 3.94. The van der Waals surface area contributed by atoms with Crippen molar-refractivity contribution in [3.63, 3.8) is 0 Å². The molecule has 0 aromatic heterocycles. The topological polar surface area (TPSA) is 20.3 Å². The van der Waals surface area contributed by atoms with Gasteiger partial charge >= 0.3 is 0 Å². The summed E-state index contributed by atoms with van der Waals surface area (Å²) in [5.41, 5.74) is 0.995. The molecule has 2 nitrogen and oxygen atoms in total. The summed E-state index contributed by atoms with van der Waals surface area (Å²) in [4.78, 5) is 13.1. The van der Waals surface area contributed by atoms with Gasteiger partial charge in [0.2, 0.25) is 0 Å². The maximum absolute atomic E-state index is 12.9. The van der Waals surface area contributed by atoms with Gasteiger partial charge in [0.05, 0.1) is 6.54 Å². The summed E-state index contributed by atoms with van der Waals surface area (Å²) in [6.45, 7) is 2.26. The molecule has 0 spiro atoms. The van der Waals surface area contributed by atoms with Gasteiger partial charge in [0.25, 0.3) is 0 Å². The van der Waals surface area contributed by atoms with Gasteiger partial charge < -0.3 is 0 Å². The number of rotatable bonds is 3. The van der Waals surface area contributed by atoms with Crippen LogP contribution in [0.25, 0.3) is 0 Å². The van der Waals surface area contributed by atoms with Crippen molar-refractivity contribution in [1.82, 2.24) is 4.90 Å². The summed E-state index contributed by atoms with van der Waals surface area (Å²) in [5, 5.41) is 0. The van der Waals surface area contributed by atoms with Crippen molar-refractivity contribution < 1.29 is 9.18 Å². The van der Waals surface area contributed by atoms with E-state index >= 15 is 0 Å². The lowest BCUT2D eigenvalue weighted by Gasteiger charge is -2.12. The van der Waals surface area contributed by atoms with Crippen LogP contribution in [0.2, 0.25) is 0 Å². The van der Waals surface area contributed by atoms with Crippen LogP contribution in [0.1, 0.15) is 12.0 Å². The summed E-state index contributed by atoms with van der Waals surface area (Å²) in [5.74, 6) is 0.124. The zero-order valence-electron chi connectivity index (χ0n) is 8.58. The molecule has 1 heterocycles. The molecular weight excluding hydrogens is 193 g/mol. The van der Waals surface area contributed by atoms with Crippen LogP contribution < -0.4 is 0 Å². The highest BCUT2D eigenvalue weighted by Crippen LogP contribution is 2.08. The normalized spacial score (nSPS) is 17.3. The highest BCUT2D eigenvalue weighted by Gasteiger charge is 2.18. The quantitative estimate of drug-likeness (QED) is 0.751. The van der Waals surface area contributed by atoms with E-state index in [2.05, 4.69) is 4.90 Å². The summed E-state index contributed by atoms with van der Waals surface area (Å²) in [7, 11) is 0. The first-order chi connectivity index (χ1) is 7.24. The first-order valence-corrected chi connectivity index (χ1v) is 5.22. The SMILES string of the molecule is O=C1CCN(CCc2cccc(F)c2)C1. The van der Waals surface area contributed by atoms with Crippen LogP contribution in [0.4, 0.5) is 4.39 Å². The van der Waals surface area contributed by atoms with Gasteiger partial charge in [0, 0.05) is 19.5 Å². The van der Waals surface area contributed by atoms with Crippen molar-refractivity contribution in [3.8, 4) is 0 Å². The summed E-state index contributed by atoms with van der Waals surface area (Å²) in [6, 6.07) is 6.64. The van der Waals surface area contributed by atoms with E-state index in [4.69, 9.17) is 0 Å². The van der Waals surface area contributed by atoms with Crippen molar-refractivity contribution in [1.29, 1.82) is 0 Å². The Kier molecular flexibility index (Phi) is 3.11. The first kappa shape index (κ1) is 10.3. The van der Waals surface area contributed by atoms with E-state index in [1.165, 1.54) is 6.07 Å². The Hall–Kier alpha value is -1.22. The zero-order valence-corrected chi connectivity index (χ0v) is 8.58. The Labute approximate surface area is 88.7 Å². The third-order valence-electron chi connectivity index (χ3n) is 2.71. The number of nitrogens with zero attached hydrogens (tertiary/aromatic N) is 1. The Bertz CT molecular complexity index is 364. The number of carbonyl (C=O) groups is 1. The maximum Gasteiger partial charge on any atom is 0.148 e. The fourth-order valence-electron chi connectivity index (χ4n) is 1.86. The highest BCUT2D eigenvalue weighted by atomic mass is 19.1. The molecule has 0 saturated carbocycles. The average molecular weight is 207 g/mol. The van der Waals surface area contributed by atoms with Crippen LogP contribution in [-0.2, 0) is 11.2 Å². The second kappa shape index (κ2) is 4.53.